The van der Waals surface area contributed by atoms with Crippen LogP contribution >= 0.6 is 7.82 Å². The third kappa shape index (κ3) is 28.9. The molecule has 0 aliphatic heterocycles. The van der Waals surface area contributed by atoms with E-state index in [-0.39, 0.29) is 13.0 Å². The fourth-order valence-electron chi connectivity index (χ4n) is 6.30. The number of carbonyl (C=O) groups excluding carboxylic acids is 1. The van der Waals surface area contributed by atoms with Crippen LogP contribution in [0.4, 0.5) is 0 Å². The molecule has 0 aromatic rings. The maximum absolute atomic E-state index is 12.8. The molecule has 6 atom stereocenters. The van der Waals surface area contributed by atoms with Crippen LogP contribution in [0.15, 0.2) is 72.9 Å². The number of esters is 1. The molecule has 59 heavy (non-hydrogen) atoms. The standard InChI is InChI=1S/C46H79O12P/c1-3-5-7-9-11-13-15-16-17-18-19-20-21-22-23-24-25-27-29-31-33-35-40(47)57-39(37-55-36-34-32-30-28-26-14-12-10-8-6-4-2)38-56-59(53,54)58-46-44(51)42(49)41(48)43(50)45(46)52/h5,7,11,13,16-17,19-20,22-23,25,27,39,41-46,48-52H,3-4,6,8-10,12,14-15,18,21,24,26,28-38H2,1-2H3,(H,53,54)/b7-5-,13-11-,17-16-,20-19-,23-22-,27-25-. The maximum Gasteiger partial charge on any atom is 0.472 e. The molecule has 1 aliphatic rings. The molecule has 0 aromatic carbocycles. The van der Waals surface area contributed by atoms with Gasteiger partial charge in [-0.2, -0.15) is 0 Å². The summed E-state index contributed by atoms with van der Waals surface area (Å²) < 4.78 is 34.0. The number of unbranched alkanes of at least 4 members (excludes halogenated alkanes) is 12. The fourth-order valence-corrected chi connectivity index (χ4v) is 7.27. The SMILES string of the molecule is CC/C=C\C/C=C\C/C=C\C/C=C\C/C=C\C/C=C\CCCCC(=O)OC(COCCCCCCCCCCCCC)COP(=O)(O)OC1C(O)C(O)C(O)C(O)C1O. The largest absolute Gasteiger partial charge is 0.472 e. The van der Waals surface area contributed by atoms with Gasteiger partial charge < -0.3 is 39.9 Å². The first kappa shape index (κ1) is 54.8. The van der Waals surface area contributed by atoms with Gasteiger partial charge in [-0.05, 0) is 64.2 Å². The van der Waals surface area contributed by atoms with E-state index in [9.17, 15) is 39.8 Å². The highest BCUT2D eigenvalue weighted by Crippen LogP contribution is 2.47. The first-order chi connectivity index (χ1) is 28.5. The zero-order valence-corrected chi connectivity index (χ0v) is 36.9. The molecule has 0 amide bonds. The first-order valence-corrected chi connectivity index (χ1v) is 23.8. The molecule has 0 spiro atoms. The molecule has 1 rings (SSSR count). The predicted octanol–water partition coefficient (Wildman–Crippen LogP) is 8.80. The number of rotatable bonds is 36. The van der Waals surface area contributed by atoms with E-state index in [2.05, 4.69) is 86.8 Å². The van der Waals surface area contributed by atoms with Crippen molar-refractivity contribution in [1.29, 1.82) is 0 Å². The topological polar surface area (TPSA) is 192 Å². The molecule has 0 saturated heterocycles. The van der Waals surface area contributed by atoms with Crippen molar-refractivity contribution in [3.8, 4) is 0 Å². The molecule has 12 nitrogen and oxygen atoms in total. The molecule has 6 N–H and O–H groups in total. The third-order valence-corrected chi connectivity index (χ3v) is 10.8. The Bertz CT molecular complexity index is 1250. The summed E-state index contributed by atoms with van der Waals surface area (Å²) in [5, 5.41) is 50.1. The Balaban J connectivity index is 2.44. The molecule has 0 heterocycles. The number of hydrogen-bond acceptors (Lipinski definition) is 11. The van der Waals surface area contributed by atoms with Crippen LogP contribution in [0, 0.1) is 0 Å². The first-order valence-electron chi connectivity index (χ1n) is 22.3. The van der Waals surface area contributed by atoms with Gasteiger partial charge in [0, 0.05) is 13.0 Å². The normalized spacial score (nSPS) is 23.2. The average Bonchev–Trinajstić information content (AvgIpc) is 3.22. The second-order valence-electron chi connectivity index (χ2n) is 15.2. The van der Waals surface area contributed by atoms with E-state index >= 15 is 0 Å². The predicted molar refractivity (Wildman–Crippen MR) is 235 cm³/mol. The molecule has 1 aliphatic carbocycles. The molecule has 6 unspecified atom stereocenters. The van der Waals surface area contributed by atoms with Crippen LogP contribution in [0.5, 0.6) is 0 Å². The molecule has 0 radical (unpaired) electrons. The van der Waals surface area contributed by atoms with Crippen molar-refractivity contribution < 1.29 is 58.3 Å². The Morgan fingerprint density at radius 3 is 1.49 bits per heavy atom. The number of phosphoric acid groups is 1. The van der Waals surface area contributed by atoms with Crippen molar-refractivity contribution in [2.24, 2.45) is 0 Å². The number of ether oxygens (including phenoxy) is 2. The van der Waals surface area contributed by atoms with Gasteiger partial charge in [0.1, 0.15) is 42.7 Å². The Labute approximate surface area is 355 Å². The van der Waals surface area contributed by atoms with Crippen LogP contribution in [0.1, 0.15) is 149 Å². The number of carbonyl (C=O) groups is 1. The number of allylic oxidation sites excluding steroid dienone is 12. The van der Waals surface area contributed by atoms with Crippen LogP contribution in [-0.4, -0.2) is 98.9 Å². The summed E-state index contributed by atoms with van der Waals surface area (Å²) in [5.41, 5.74) is 0. The molecule has 1 fully saturated rings. The number of aliphatic hydroxyl groups is 5. The van der Waals surface area contributed by atoms with Crippen LogP contribution in [0.3, 0.4) is 0 Å². The highest BCUT2D eigenvalue weighted by atomic mass is 31.2. The van der Waals surface area contributed by atoms with Gasteiger partial charge in [0.15, 0.2) is 0 Å². The van der Waals surface area contributed by atoms with Gasteiger partial charge >= 0.3 is 13.8 Å². The van der Waals surface area contributed by atoms with Crippen molar-refractivity contribution in [3.05, 3.63) is 72.9 Å². The van der Waals surface area contributed by atoms with Gasteiger partial charge in [-0.15, -0.1) is 0 Å². The molecular weight excluding hydrogens is 775 g/mol. The summed E-state index contributed by atoms with van der Waals surface area (Å²) in [7, 11) is -5.03. The van der Waals surface area contributed by atoms with E-state index < -0.39 is 63.1 Å². The summed E-state index contributed by atoms with van der Waals surface area (Å²) >= 11 is 0. The van der Waals surface area contributed by atoms with Crippen molar-refractivity contribution in [2.45, 2.75) is 191 Å². The lowest BCUT2D eigenvalue weighted by atomic mass is 9.85. The monoisotopic (exact) mass is 855 g/mol. The lowest BCUT2D eigenvalue weighted by Crippen LogP contribution is -2.64. The summed E-state index contributed by atoms with van der Waals surface area (Å²) in [5.74, 6) is -0.522. The Hall–Kier alpha value is -2.22. The zero-order valence-electron chi connectivity index (χ0n) is 36.0. The second kappa shape index (κ2) is 36.4. The molecule has 0 bridgehead atoms. The van der Waals surface area contributed by atoms with Crippen molar-refractivity contribution in [3.63, 3.8) is 0 Å². The maximum atomic E-state index is 12.8. The minimum atomic E-state index is -5.03. The summed E-state index contributed by atoms with van der Waals surface area (Å²) in [6.45, 7) is 4.07. The van der Waals surface area contributed by atoms with Gasteiger partial charge in [-0.1, -0.05) is 151 Å². The van der Waals surface area contributed by atoms with Crippen molar-refractivity contribution in [2.75, 3.05) is 19.8 Å². The minimum Gasteiger partial charge on any atom is -0.457 e. The van der Waals surface area contributed by atoms with E-state index in [1.165, 1.54) is 51.4 Å². The van der Waals surface area contributed by atoms with E-state index in [4.69, 9.17) is 18.5 Å². The Kier molecular flexibility index (Phi) is 33.8. The average molecular weight is 855 g/mol. The molecule has 0 aromatic heterocycles. The molecule has 340 valence electrons. The van der Waals surface area contributed by atoms with Crippen LogP contribution < -0.4 is 0 Å². The Morgan fingerprint density at radius 2 is 1.00 bits per heavy atom. The van der Waals surface area contributed by atoms with Crippen molar-refractivity contribution >= 4 is 13.8 Å². The summed E-state index contributed by atoms with van der Waals surface area (Å²) in [6.07, 6.45) is 34.0. The van der Waals surface area contributed by atoms with Gasteiger partial charge in [0.25, 0.3) is 0 Å². The molecule has 13 heteroatoms. The van der Waals surface area contributed by atoms with Crippen molar-refractivity contribution in [1.82, 2.24) is 0 Å². The van der Waals surface area contributed by atoms with Gasteiger partial charge in [-0.25, -0.2) is 4.57 Å². The zero-order chi connectivity index (χ0) is 43.4. The van der Waals surface area contributed by atoms with Crippen LogP contribution in [-0.2, 0) is 27.9 Å². The van der Waals surface area contributed by atoms with E-state index in [1.807, 2.05) is 0 Å². The van der Waals surface area contributed by atoms with Gasteiger partial charge in [0.2, 0.25) is 0 Å². The molecule has 1 saturated carbocycles. The third-order valence-electron chi connectivity index (χ3n) is 9.84. The van der Waals surface area contributed by atoms with Gasteiger partial charge in [-0.3, -0.25) is 13.8 Å². The highest BCUT2D eigenvalue weighted by Gasteiger charge is 2.51. The van der Waals surface area contributed by atoms with E-state index in [1.54, 1.807) is 0 Å². The molecular formula is C46H79O12P. The van der Waals surface area contributed by atoms with Gasteiger partial charge in [0.05, 0.1) is 13.2 Å². The smallest absolute Gasteiger partial charge is 0.457 e. The number of aliphatic hydroxyl groups excluding tert-OH is 5. The Morgan fingerprint density at radius 1 is 0.559 bits per heavy atom. The van der Waals surface area contributed by atoms with Crippen LogP contribution in [0.25, 0.3) is 0 Å². The fraction of sp³-hybridized carbons (Fsp3) is 0.717. The van der Waals surface area contributed by atoms with Crippen LogP contribution in [0.2, 0.25) is 0 Å². The summed E-state index contributed by atoms with van der Waals surface area (Å²) in [4.78, 5) is 23.1. The van der Waals surface area contributed by atoms with E-state index in [0.717, 1.165) is 70.6 Å². The lowest BCUT2D eigenvalue weighted by molar-refractivity contribution is -0.220. The minimum absolute atomic E-state index is 0.0969. The number of hydrogen-bond donors (Lipinski definition) is 6. The lowest BCUT2D eigenvalue weighted by Gasteiger charge is -2.41. The summed E-state index contributed by atoms with van der Waals surface area (Å²) in [6, 6.07) is 0. The second-order valence-corrected chi connectivity index (χ2v) is 16.6. The quantitative estimate of drug-likeness (QED) is 0.0152. The van der Waals surface area contributed by atoms with E-state index in [0.29, 0.717) is 13.0 Å². The number of phosphoric ester groups is 1. The highest BCUT2D eigenvalue weighted by molar-refractivity contribution is 7.47.